The molecule has 0 aliphatic carbocycles. The largest absolute Gasteiger partial charge is 0.367 e. The van der Waals surface area contributed by atoms with Gasteiger partial charge in [0.05, 0.1) is 10.7 Å². The minimum atomic E-state index is -0.0399. The Morgan fingerprint density at radius 2 is 1.73 bits per heavy atom. The summed E-state index contributed by atoms with van der Waals surface area (Å²) in [6.07, 6.45) is 0.427. The van der Waals surface area contributed by atoms with E-state index < -0.39 is 0 Å². The van der Waals surface area contributed by atoms with Crippen LogP contribution in [0.1, 0.15) is 23.7 Å². The first-order chi connectivity index (χ1) is 12.6. The van der Waals surface area contributed by atoms with Crippen LogP contribution in [-0.2, 0) is 4.79 Å². The van der Waals surface area contributed by atoms with Crippen LogP contribution < -0.4 is 10.2 Å². The summed E-state index contributed by atoms with van der Waals surface area (Å²) in [5.74, 6) is 0.0239. The van der Waals surface area contributed by atoms with Gasteiger partial charge in [0.15, 0.2) is 0 Å². The van der Waals surface area contributed by atoms with E-state index in [2.05, 4.69) is 10.2 Å². The van der Waals surface area contributed by atoms with Crippen LogP contribution in [-0.4, -0.2) is 42.9 Å². The molecule has 5 nitrogen and oxygen atoms in total. The number of carbonyl (C=O) groups excluding carboxylic acids is 2. The third-order valence-electron chi connectivity index (χ3n) is 4.48. The Labute approximate surface area is 158 Å². The quantitative estimate of drug-likeness (QED) is 0.892. The normalized spacial score (nSPS) is 14.2. The van der Waals surface area contributed by atoms with Gasteiger partial charge in [-0.1, -0.05) is 36.7 Å². The molecule has 3 rings (SSSR count). The van der Waals surface area contributed by atoms with Crippen LogP contribution >= 0.6 is 11.6 Å². The topological polar surface area (TPSA) is 52.7 Å². The van der Waals surface area contributed by atoms with Crippen molar-refractivity contribution in [2.24, 2.45) is 0 Å². The zero-order valence-electron chi connectivity index (χ0n) is 14.7. The molecule has 0 radical (unpaired) electrons. The minimum Gasteiger partial charge on any atom is -0.367 e. The molecule has 2 amide bonds. The Balaban J connectivity index is 1.63. The van der Waals surface area contributed by atoms with Crippen LogP contribution in [0.25, 0.3) is 0 Å². The molecule has 0 bridgehead atoms. The molecule has 1 fully saturated rings. The predicted molar refractivity (Wildman–Crippen MR) is 105 cm³/mol. The molecule has 0 aromatic heterocycles. The molecule has 1 aliphatic heterocycles. The number of amides is 2. The fraction of sp³-hybridized carbons (Fsp3) is 0.300. The van der Waals surface area contributed by atoms with Crippen molar-refractivity contribution in [2.75, 3.05) is 36.4 Å². The standard InChI is InChI=1S/C20H22ClN3O2/c1-2-19(25)22-16-8-9-18(17(21)14-16)23-10-12-24(13-11-23)20(26)15-6-4-3-5-7-15/h3-9,14H,2,10-13H2,1H3,(H,22,25). The van der Waals surface area contributed by atoms with Crippen LogP contribution in [0.15, 0.2) is 48.5 Å². The second-order valence-electron chi connectivity index (χ2n) is 6.21. The first kappa shape index (κ1) is 18.3. The lowest BCUT2D eigenvalue weighted by molar-refractivity contribution is -0.115. The van der Waals surface area contributed by atoms with Gasteiger partial charge in [0.1, 0.15) is 0 Å². The number of piperazine rings is 1. The highest BCUT2D eigenvalue weighted by molar-refractivity contribution is 6.33. The van der Waals surface area contributed by atoms with E-state index in [0.717, 1.165) is 24.3 Å². The number of benzene rings is 2. The smallest absolute Gasteiger partial charge is 0.253 e. The summed E-state index contributed by atoms with van der Waals surface area (Å²) < 4.78 is 0. The number of halogens is 1. The van der Waals surface area contributed by atoms with Crippen molar-refractivity contribution in [1.82, 2.24) is 4.90 Å². The van der Waals surface area contributed by atoms with Gasteiger partial charge in [-0.2, -0.15) is 0 Å². The van der Waals surface area contributed by atoms with Crippen LogP contribution in [0.2, 0.25) is 5.02 Å². The van der Waals surface area contributed by atoms with E-state index in [4.69, 9.17) is 11.6 Å². The molecule has 6 heteroatoms. The van der Waals surface area contributed by atoms with Gasteiger partial charge in [0.25, 0.3) is 5.91 Å². The Hall–Kier alpha value is -2.53. The highest BCUT2D eigenvalue weighted by Gasteiger charge is 2.23. The van der Waals surface area contributed by atoms with E-state index >= 15 is 0 Å². The van der Waals surface area contributed by atoms with Crippen LogP contribution in [0.4, 0.5) is 11.4 Å². The highest BCUT2D eigenvalue weighted by atomic mass is 35.5. The monoisotopic (exact) mass is 371 g/mol. The number of nitrogens with one attached hydrogen (secondary N) is 1. The van der Waals surface area contributed by atoms with Gasteiger partial charge in [0.2, 0.25) is 5.91 Å². The lowest BCUT2D eigenvalue weighted by Gasteiger charge is -2.36. The van der Waals surface area contributed by atoms with E-state index in [1.807, 2.05) is 54.3 Å². The molecule has 2 aromatic carbocycles. The second-order valence-corrected chi connectivity index (χ2v) is 6.62. The molecule has 0 unspecified atom stereocenters. The molecule has 0 atom stereocenters. The maximum absolute atomic E-state index is 12.5. The minimum absolute atomic E-state index is 0.0399. The average Bonchev–Trinajstić information content (AvgIpc) is 2.68. The molecule has 0 saturated carbocycles. The Morgan fingerprint density at radius 1 is 1.04 bits per heavy atom. The summed E-state index contributed by atoms with van der Waals surface area (Å²) in [7, 11) is 0. The lowest BCUT2D eigenvalue weighted by atomic mass is 10.1. The number of anilines is 2. The van der Waals surface area contributed by atoms with Crippen molar-refractivity contribution >= 4 is 34.8 Å². The van der Waals surface area contributed by atoms with E-state index in [-0.39, 0.29) is 11.8 Å². The van der Waals surface area contributed by atoms with Gasteiger partial charge in [0, 0.05) is 43.9 Å². The highest BCUT2D eigenvalue weighted by Crippen LogP contribution is 2.30. The van der Waals surface area contributed by atoms with E-state index in [1.54, 1.807) is 6.07 Å². The van der Waals surface area contributed by atoms with Gasteiger partial charge in [-0.25, -0.2) is 0 Å². The van der Waals surface area contributed by atoms with Crippen molar-refractivity contribution in [3.63, 3.8) is 0 Å². The lowest BCUT2D eigenvalue weighted by Crippen LogP contribution is -2.48. The molecular weight excluding hydrogens is 350 g/mol. The van der Waals surface area contributed by atoms with E-state index in [9.17, 15) is 9.59 Å². The van der Waals surface area contributed by atoms with Gasteiger partial charge >= 0.3 is 0 Å². The van der Waals surface area contributed by atoms with E-state index in [0.29, 0.717) is 30.2 Å². The van der Waals surface area contributed by atoms with Crippen LogP contribution in [0.3, 0.4) is 0 Å². The molecule has 26 heavy (non-hydrogen) atoms. The zero-order valence-corrected chi connectivity index (χ0v) is 15.5. The summed E-state index contributed by atoms with van der Waals surface area (Å²) in [6.45, 7) is 4.55. The Morgan fingerprint density at radius 3 is 2.35 bits per heavy atom. The van der Waals surface area contributed by atoms with Crippen molar-refractivity contribution in [2.45, 2.75) is 13.3 Å². The SMILES string of the molecule is CCC(=O)Nc1ccc(N2CCN(C(=O)c3ccccc3)CC2)c(Cl)c1. The molecule has 1 heterocycles. The van der Waals surface area contributed by atoms with Crippen molar-refractivity contribution < 1.29 is 9.59 Å². The van der Waals surface area contributed by atoms with Crippen molar-refractivity contribution in [3.05, 3.63) is 59.1 Å². The van der Waals surface area contributed by atoms with Crippen molar-refractivity contribution in [1.29, 1.82) is 0 Å². The second kappa shape index (κ2) is 8.23. The average molecular weight is 372 g/mol. The molecule has 1 aliphatic rings. The molecule has 2 aromatic rings. The van der Waals surface area contributed by atoms with Gasteiger partial charge in [-0.3, -0.25) is 9.59 Å². The van der Waals surface area contributed by atoms with Crippen LogP contribution in [0.5, 0.6) is 0 Å². The third kappa shape index (κ3) is 4.17. The summed E-state index contributed by atoms with van der Waals surface area (Å²) in [5.41, 5.74) is 2.34. The summed E-state index contributed by atoms with van der Waals surface area (Å²) in [6, 6.07) is 14.9. The number of carbonyl (C=O) groups is 2. The van der Waals surface area contributed by atoms with Gasteiger partial charge < -0.3 is 15.1 Å². The summed E-state index contributed by atoms with van der Waals surface area (Å²) in [4.78, 5) is 28.1. The van der Waals surface area contributed by atoms with Gasteiger partial charge in [-0.15, -0.1) is 0 Å². The Kier molecular flexibility index (Phi) is 5.78. The third-order valence-corrected chi connectivity index (χ3v) is 4.78. The fourth-order valence-electron chi connectivity index (χ4n) is 3.00. The number of nitrogens with zero attached hydrogens (tertiary/aromatic N) is 2. The molecule has 1 N–H and O–H groups in total. The zero-order chi connectivity index (χ0) is 18.5. The van der Waals surface area contributed by atoms with Crippen molar-refractivity contribution in [3.8, 4) is 0 Å². The number of hydrogen-bond acceptors (Lipinski definition) is 3. The number of rotatable bonds is 4. The predicted octanol–water partition coefficient (Wildman–Crippen LogP) is 3.65. The summed E-state index contributed by atoms with van der Waals surface area (Å²) in [5, 5.41) is 3.41. The van der Waals surface area contributed by atoms with Crippen LogP contribution in [0, 0.1) is 0 Å². The molecule has 136 valence electrons. The Bertz CT molecular complexity index is 787. The molecular formula is C20H22ClN3O2. The molecule has 0 spiro atoms. The number of hydrogen-bond donors (Lipinski definition) is 1. The first-order valence-electron chi connectivity index (χ1n) is 8.77. The fourth-order valence-corrected chi connectivity index (χ4v) is 3.30. The van der Waals surface area contributed by atoms with Gasteiger partial charge in [-0.05, 0) is 30.3 Å². The first-order valence-corrected chi connectivity index (χ1v) is 9.15. The maximum atomic E-state index is 12.5. The molecule has 1 saturated heterocycles. The maximum Gasteiger partial charge on any atom is 0.253 e. The summed E-state index contributed by atoms with van der Waals surface area (Å²) >= 11 is 6.41. The van der Waals surface area contributed by atoms with E-state index in [1.165, 1.54) is 0 Å².